The van der Waals surface area contributed by atoms with Gasteiger partial charge in [-0.3, -0.25) is 0 Å². The Morgan fingerprint density at radius 1 is 0.593 bits per heavy atom. The van der Waals surface area contributed by atoms with Crippen molar-refractivity contribution in [1.82, 2.24) is 15.0 Å². The molecule has 0 saturated carbocycles. The lowest BCUT2D eigenvalue weighted by Gasteiger charge is -2.21. The molecule has 1 aromatic heterocycles. The predicted octanol–water partition coefficient (Wildman–Crippen LogP) is 5.65. The van der Waals surface area contributed by atoms with E-state index < -0.39 is 0 Å². The van der Waals surface area contributed by atoms with Crippen LogP contribution in [0.5, 0.6) is 18.0 Å². The number of rotatable bonds is 12. The van der Waals surface area contributed by atoms with E-state index in [4.69, 9.17) is 14.2 Å². The number of alkyl halides is 6. The largest absolute Gasteiger partial charge is 0.462 e. The standard InChI is InChI=1S/C15H21Br6N3O3/c1-13(19,4-16)7-25-10-22-11(26-8-14(2,20)5-17)24-12(23-10)27-9-15(3,21)6-18/h4-9H2,1-3H3. The number of halogens is 6. The third kappa shape index (κ3) is 10.8. The van der Waals surface area contributed by atoms with Gasteiger partial charge in [0, 0.05) is 16.0 Å². The van der Waals surface area contributed by atoms with Crippen LogP contribution in [0.25, 0.3) is 0 Å². The van der Waals surface area contributed by atoms with Crippen LogP contribution in [0, 0.1) is 0 Å². The minimum atomic E-state index is -0.254. The summed E-state index contributed by atoms with van der Waals surface area (Å²) >= 11 is 21.0. The van der Waals surface area contributed by atoms with Crippen molar-refractivity contribution in [2.75, 3.05) is 35.8 Å². The number of hydrogen-bond acceptors (Lipinski definition) is 6. The number of hydrogen-bond donors (Lipinski definition) is 0. The first kappa shape index (κ1) is 26.3. The number of ether oxygens (including phenoxy) is 3. The van der Waals surface area contributed by atoms with Crippen molar-refractivity contribution in [3.05, 3.63) is 0 Å². The first-order valence-electron chi connectivity index (χ1n) is 7.81. The first-order valence-corrected chi connectivity index (χ1v) is 13.6. The molecule has 0 aliphatic heterocycles. The molecule has 0 aliphatic carbocycles. The zero-order chi connectivity index (χ0) is 20.7. The maximum atomic E-state index is 5.72. The van der Waals surface area contributed by atoms with E-state index in [2.05, 4.69) is 111 Å². The van der Waals surface area contributed by atoms with Gasteiger partial charge in [-0.25, -0.2) is 0 Å². The van der Waals surface area contributed by atoms with Crippen LogP contribution in [0.15, 0.2) is 0 Å². The fourth-order valence-corrected chi connectivity index (χ4v) is 2.10. The average molecular weight is 771 g/mol. The molecule has 6 nitrogen and oxygen atoms in total. The fourth-order valence-electron chi connectivity index (χ4n) is 1.27. The van der Waals surface area contributed by atoms with Gasteiger partial charge >= 0.3 is 18.0 Å². The summed E-state index contributed by atoms with van der Waals surface area (Å²) < 4.78 is 16.4. The molecule has 1 rings (SSSR count). The van der Waals surface area contributed by atoms with Gasteiger partial charge in [0.2, 0.25) is 0 Å². The van der Waals surface area contributed by atoms with Gasteiger partial charge in [-0.15, -0.1) is 15.0 Å². The second kappa shape index (κ2) is 11.6. The van der Waals surface area contributed by atoms with E-state index in [0.29, 0.717) is 35.8 Å². The van der Waals surface area contributed by atoms with Crippen LogP contribution < -0.4 is 14.2 Å². The van der Waals surface area contributed by atoms with E-state index in [9.17, 15) is 0 Å². The Bertz CT molecular complexity index is 511. The Kier molecular flexibility index (Phi) is 11.3. The monoisotopic (exact) mass is 765 g/mol. The van der Waals surface area contributed by atoms with Gasteiger partial charge in [-0.05, 0) is 20.8 Å². The van der Waals surface area contributed by atoms with Crippen LogP contribution in [0.4, 0.5) is 0 Å². The molecule has 3 atom stereocenters. The summed E-state index contributed by atoms with van der Waals surface area (Å²) in [6, 6.07) is 0.436. The number of aromatic nitrogens is 3. The van der Waals surface area contributed by atoms with E-state index in [1.807, 2.05) is 20.8 Å². The van der Waals surface area contributed by atoms with Crippen molar-refractivity contribution >= 4 is 95.6 Å². The molecule has 0 aromatic carbocycles. The molecule has 0 aliphatic rings. The van der Waals surface area contributed by atoms with Crippen LogP contribution >= 0.6 is 95.6 Å². The predicted molar refractivity (Wildman–Crippen MR) is 130 cm³/mol. The molecule has 0 saturated heterocycles. The lowest BCUT2D eigenvalue weighted by Crippen LogP contribution is -2.29. The smallest absolute Gasteiger partial charge is 0.325 e. The molecule has 0 N–H and O–H groups in total. The zero-order valence-electron chi connectivity index (χ0n) is 15.1. The lowest BCUT2D eigenvalue weighted by atomic mass is 10.2. The Morgan fingerprint density at radius 3 is 1.00 bits per heavy atom. The lowest BCUT2D eigenvalue weighted by molar-refractivity contribution is 0.218. The quantitative estimate of drug-likeness (QED) is 0.256. The molecule has 3 unspecified atom stereocenters. The molecule has 0 spiro atoms. The van der Waals surface area contributed by atoms with E-state index in [0.717, 1.165) is 0 Å². The van der Waals surface area contributed by atoms with Gasteiger partial charge in [-0.1, -0.05) is 95.6 Å². The molecule has 0 radical (unpaired) electrons. The van der Waals surface area contributed by atoms with E-state index >= 15 is 0 Å². The Balaban J connectivity index is 2.96. The molecule has 27 heavy (non-hydrogen) atoms. The van der Waals surface area contributed by atoms with Crippen molar-refractivity contribution in [3.63, 3.8) is 0 Å². The summed E-state index contributed by atoms with van der Waals surface area (Å²) in [4.78, 5) is 12.7. The average Bonchev–Trinajstić information content (AvgIpc) is 2.63. The van der Waals surface area contributed by atoms with E-state index in [1.54, 1.807) is 0 Å². The summed E-state index contributed by atoms with van der Waals surface area (Å²) in [6.45, 7) is 7.06. The molecule has 1 aromatic rings. The second-order valence-electron chi connectivity index (χ2n) is 6.69. The van der Waals surface area contributed by atoms with Gasteiger partial charge in [0.1, 0.15) is 19.8 Å². The zero-order valence-corrected chi connectivity index (χ0v) is 24.6. The molecule has 156 valence electrons. The van der Waals surface area contributed by atoms with Gasteiger partial charge in [0.15, 0.2) is 0 Å². The van der Waals surface area contributed by atoms with E-state index in [1.165, 1.54) is 0 Å². The SMILES string of the molecule is CC(Br)(CBr)COc1nc(OCC(C)(Br)CBr)nc(OCC(C)(Br)CBr)n1. The van der Waals surface area contributed by atoms with Crippen molar-refractivity contribution in [1.29, 1.82) is 0 Å². The van der Waals surface area contributed by atoms with Crippen LogP contribution in [-0.4, -0.2) is 63.7 Å². The fraction of sp³-hybridized carbons (Fsp3) is 0.800. The topological polar surface area (TPSA) is 66.4 Å². The highest BCUT2D eigenvalue weighted by molar-refractivity contribution is 9.13. The molecule has 0 bridgehead atoms. The van der Waals surface area contributed by atoms with Gasteiger partial charge < -0.3 is 14.2 Å². The third-order valence-electron chi connectivity index (χ3n) is 2.92. The highest BCUT2D eigenvalue weighted by Crippen LogP contribution is 2.25. The van der Waals surface area contributed by atoms with Crippen molar-refractivity contribution in [3.8, 4) is 18.0 Å². The van der Waals surface area contributed by atoms with Crippen molar-refractivity contribution in [2.45, 2.75) is 33.7 Å². The van der Waals surface area contributed by atoms with Crippen molar-refractivity contribution < 1.29 is 14.2 Å². The molecular formula is C15H21Br6N3O3. The van der Waals surface area contributed by atoms with Gasteiger partial charge in [-0.2, -0.15) is 0 Å². The summed E-state index contributed by atoms with van der Waals surface area (Å²) in [6.07, 6.45) is 0. The highest BCUT2D eigenvalue weighted by Gasteiger charge is 2.24. The summed E-state index contributed by atoms with van der Waals surface area (Å²) in [5, 5.41) is 2.12. The second-order valence-corrected chi connectivity index (χ2v) is 14.1. The third-order valence-corrected chi connectivity index (χ3v) is 10.4. The highest BCUT2D eigenvalue weighted by atomic mass is 79.9. The van der Waals surface area contributed by atoms with Gasteiger partial charge in [0.25, 0.3) is 0 Å². The molecule has 0 fully saturated rings. The van der Waals surface area contributed by atoms with Crippen molar-refractivity contribution in [2.24, 2.45) is 0 Å². The maximum absolute atomic E-state index is 5.72. The minimum absolute atomic E-state index is 0.145. The Morgan fingerprint density at radius 2 is 0.815 bits per heavy atom. The van der Waals surface area contributed by atoms with Crippen LogP contribution in [0.2, 0.25) is 0 Å². The molecular weight excluding hydrogens is 750 g/mol. The first-order chi connectivity index (χ1) is 12.4. The van der Waals surface area contributed by atoms with Crippen LogP contribution in [0.1, 0.15) is 20.8 Å². The summed E-state index contributed by atoms with van der Waals surface area (Å²) in [5.74, 6) is 0. The Labute approximate surface area is 210 Å². The van der Waals surface area contributed by atoms with Crippen LogP contribution in [-0.2, 0) is 0 Å². The summed E-state index contributed by atoms with van der Waals surface area (Å²) in [5.41, 5.74) is 0. The Hall–Kier alpha value is 1.29. The maximum Gasteiger partial charge on any atom is 0.325 e. The normalized spacial score (nSPS) is 18.1. The van der Waals surface area contributed by atoms with E-state index in [-0.39, 0.29) is 31.0 Å². The number of nitrogens with zero attached hydrogens (tertiary/aromatic N) is 3. The van der Waals surface area contributed by atoms with Gasteiger partial charge in [0.05, 0.1) is 13.0 Å². The van der Waals surface area contributed by atoms with Crippen LogP contribution in [0.3, 0.4) is 0 Å². The minimum Gasteiger partial charge on any atom is -0.462 e. The molecule has 12 heteroatoms. The molecule has 0 amide bonds. The molecule has 1 heterocycles. The summed E-state index contributed by atoms with van der Waals surface area (Å²) in [7, 11) is 0.